The summed E-state index contributed by atoms with van der Waals surface area (Å²) in [5, 5.41) is 3.60. The molecule has 0 bridgehead atoms. The van der Waals surface area contributed by atoms with Crippen molar-refractivity contribution in [1.82, 2.24) is 0 Å². The number of nitrogens with one attached hydrogen (secondary N) is 1. The van der Waals surface area contributed by atoms with Gasteiger partial charge in [-0.25, -0.2) is 0 Å². The van der Waals surface area contributed by atoms with E-state index in [0.29, 0.717) is 5.92 Å². The average molecular weight is 279 g/mol. The zero-order chi connectivity index (χ0) is 14.1. The van der Waals surface area contributed by atoms with Gasteiger partial charge in [0.25, 0.3) is 0 Å². The second kappa shape index (κ2) is 5.44. The molecule has 0 aromatic heterocycles. The molecule has 21 heavy (non-hydrogen) atoms. The molecule has 2 aromatic rings. The van der Waals surface area contributed by atoms with Gasteiger partial charge >= 0.3 is 0 Å². The number of para-hydroxylation sites is 3. The third-order valence-electron chi connectivity index (χ3n) is 4.72. The van der Waals surface area contributed by atoms with E-state index in [-0.39, 0.29) is 0 Å². The molecule has 0 amide bonds. The van der Waals surface area contributed by atoms with E-state index in [1.165, 1.54) is 49.8 Å². The van der Waals surface area contributed by atoms with Crippen molar-refractivity contribution >= 4 is 11.4 Å². The second-order valence-electron chi connectivity index (χ2n) is 6.13. The van der Waals surface area contributed by atoms with Crippen LogP contribution in [-0.4, -0.2) is 0 Å². The Morgan fingerprint density at radius 3 is 2.43 bits per heavy atom. The van der Waals surface area contributed by atoms with Crippen LogP contribution in [0.4, 0.5) is 11.4 Å². The van der Waals surface area contributed by atoms with E-state index in [2.05, 4.69) is 35.6 Å². The quantitative estimate of drug-likeness (QED) is 0.554. The van der Waals surface area contributed by atoms with Gasteiger partial charge in [0, 0.05) is 0 Å². The normalized spacial score (nSPS) is 17.9. The van der Waals surface area contributed by atoms with Gasteiger partial charge in [0.2, 0.25) is 0 Å². The summed E-state index contributed by atoms with van der Waals surface area (Å²) in [6, 6.07) is 14.6. The first-order valence-corrected chi connectivity index (χ1v) is 8.08. The lowest BCUT2D eigenvalue weighted by atomic mass is 9.90. The fourth-order valence-electron chi connectivity index (χ4n) is 3.61. The number of fused-ring (bicyclic) bond motifs is 2. The first kappa shape index (κ1) is 12.8. The smallest absolute Gasteiger partial charge is 0.151 e. The van der Waals surface area contributed by atoms with Crippen molar-refractivity contribution in [2.45, 2.75) is 44.4 Å². The van der Waals surface area contributed by atoms with Gasteiger partial charge in [-0.2, -0.15) is 0 Å². The van der Waals surface area contributed by atoms with Gasteiger partial charge in [0.1, 0.15) is 0 Å². The average Bonchev–Trinajstić information content (AvgIpc) is 2.81. The van der Waals surface area contributed by atoms with Crippen molar-refractivity contribution in [3.05, 3.63) is 48.0 Å². The molecule has 1 aliphatic carbocycles. The predicted molar refractivity (Wildman–Crippen MR) is 86.7 cm³/mol. The highest BCUT2D eigenvalue weighted by molar-refractivity contribution is 5.78. The Kier molecular flexibility index (Phi) is 3.30. The Morgan fingerprint density at radius 1 is 0.810 bits per heavy atom. The summed E-state index contributed by atoms with van der Waals surface area (Å²) in [6.45, 7) is 0. The second-order valence-corrected chi connectivity index (χ2v) is 6.13. The highest BCUT2D eigenvalue weighted by Gasteiger charge is 2.23. The molecule has 0 saturated heterocycles. The van der Waals surface area contributed by atoms with Gasteiger partial charge in [-0.05, 0) is 42.5 Å². The van der Waals surface area contributed by atoms with Crippen LogP contribution >= 0.6 is 0 Å². The van der Waals surface area contributed by atoms with E-state index in [1.807, 2.05) is 12.1 Å². The molecule has 1 N–H and O–H groups in total. The number of ether oxygens (including phenoxy) is 1. The molecule has 2 aromatic carbocycles. The minimum absolute atomic E-state index is 0.670. The van der Waals surface area contributed by atoms with Gasteiger partial charge in [-0.15, -0.1) is 0 Å². The van der Waals surface area contributed by atoms with Gasteiger partial charge in [-0.3, -0.25) is 0 Å². The third-order valence-corrected chi connectivity index (χ3v) is 4.72. The number of hydrogen-bond donors (Lipinski definition) is 1. The molecule has 0 unspecified atom stereocenters. The summed E-state index contributed by atoms with van der Waals surface area (Å²) < 4.78 is 6.08. The fraction of sp³-hybridized carbons (Fsp3) is 0.368. The summed E-state index contributed by atoms with van der Waals surface area (Å²) in [7, 11) is 0. The summed E-state index contributed by atoms with van der Waals surface area (Å²) in [5.41, 5.74) is 3.69. The molecule has 1 fully saturated rings. The van der Waals surface area contributed by atoms with E-state index in [4.69, 9.17) is 4.74 Å². The van der Waals surface area contributed by atoms with Crippen LogP contribution in [0.2, 0.25) is 0 Å². The lowest BCUT2D eigenvalue weighted by Gasteiger charge is -2.26. The maximum Gasteiger partial charge on any atom is 0.151 e. The van der Waals surface area contributed by atoms with Gasteiger partial charge in [-0.1, -0.05) is 49.9 Å². The third kappa shape index (κ3) is 2.39. The lowest BCUT2D eigenvalue weighted by molar-refractivity contribution is 0.478. The van der Waals surface area contributed by atoms with Crippen molar-refractivity contribution in [3.8, 4) is 11.5 Å². The summed E-state index contributed by atoms with van der Waals surface area (Å²) >= 11 is 0. The molecule has 108 valence electrons. The Labute approximate surface area is 126 Å². The van der Waals surface area contributed by atoms with E-state index in [1.54, 1.807) is 0 Å². The molecule has 1 saturated carbocycles. The molecule has 0 atom stereocenters. The molecule has 0 radical (unpaired) electrons. The molecule has 0 spiro atoms. The molecular weight excluding hydrogens is 258 g/mol. The predicted octanol–water partition coefficient (Wildman–Crippen LogP) is 5.97. The first-order valence-electron chi connectivity index (χ1n) is 8.08. The van der Waals surface area contributed by atoms with E-state index < -0.39 is 0 Å². The summed E-state index contributed by atoms with van der Waals surface area (Å²) in [4.78, 5) is 0. The fourth-order valence-corrected chi connectivity index (χ4v) is 3.61. The van der Waals surface area contributed by atoms with Crippen molar-refractivity contribution in [2.75, 3.05) is 5.32 Å². The molecule has 1 aliphatic heterocycles. The Balaban J connectivity index is 1.72. The minimum atomic E-state index is 0.670. The Hall–Kier alpha value is -1.96. The van der Waals surface area contributed by atoms with Crippen LogP contribution in [0, 0.1) is 0 Å². The molecule has 4 rings (SSSR count). The minimum Gasteiger partial charge on any atom is -0.453 e. The van der Waals surface area contributed by atoms with Crippen molar-refractivity contribution in [2.24, 2.45) is 0 Å². The van der Waals surface area contributed by atoms with Crippen LogP contribution in [0.25, 0.3) is 0 Å². The van der Waals surface area contributed by atoms with E-state index in [9.17, 15) is 0 Å². The molecule has 2 aliphatic rings. The zero-order valence-electron chi connectivity index (χ0n) is 12.3. The first-order chi connectivity index (χ1) is 10.4. The monoisotopic (exact) mass is 279 g/mol. The number of benzene rings is 2. The van der Waals surface area contributed by atoms with Crippen LogP contribution < -0.4 is 10.1 Å². The zero-order valence-corrected chi connectivity index (χ0v) is 12.3. The lowest BCUT2D eigenvalue weighted by Crippen LogP contribution is -2.08. The number of rotatable bonds is 1. The summed E-state index contributed by atoms with van der Waals surface area (Å²) in [5.74, 6) is 2.56. The Bertz CT molecular complexity index is 642. The van der Waals surface area contributed by atoms with Crippen molar-refractivity contribution in [3.63, 3.8) is 0 Å². The number of anilines is 2. The van der Waals surface area contributed by atoms with Gasteiger partial charge in [0.05, 0.1) is 11.4 Å². The largest absolute Gasteiger partial charge is 0.453 e. The number of hydrogen-bond acceptors (Lipinski definition) is 2. The molecular formula is C19H21NO. The van der Waals surface area contributed by atoms with E-state index in [0.717, 1.165) is 17.2 Å². The van der Waals surface area contributed by atoms with Crippen molar-refractivity contribution < 1.29 is 4.74 Å². The van der Waals surface area contributed by atoms with Gasteiger partial charge < -0.3 is 10.1 Å². The topological polar surface area (TPSA) is 21.3 Å². The Morgan fingerprint density at radius 2 is 1.57 bits per heavy atom. The summed E-state index contributed by atoms with van der Waals surface area (Å²) in [6.07, 6.45) is 8.09. The SMILES string of the molecule is c1ccc2c(c1)Nc1c(cccc1C1CCCCCC1)O2. The maximum absolute atomic E-state index is 6.08. The van der Waals surface area contributed by atoms with Crippen LogP contribution in [0.15, 0.2) is 42.5 Å². The molecule has 2 nitrogen and oxygen atoms in total. The standard InChI is InChI=1S/C19H21NO/c1-2-4-9-14(8-3-1)15-10-7-13-18-19(15)20-16-11-5-6-12-17(16)21-18/h5-7,10-14,20H,1-4,8-9H2. The van der Waals surface area contributed by atoms with Crippen LogP contribution in [-0.2, 0) is 0 Å². The highest BCUT2D eigenvalue weighted by atomic mass is 16.5. The molecule has 2 heteroatoms. The van der Waals surface area contributed by atoms with Crippen molar-refractivity contribution in [1.29, 1.82) is 0 Å². The maximum atomic E-state index is 6.08. The van der Waals surface area contributed by atoms with E-state index >= 15 is 0 Å². The highest BCUT2D eigenvalue weighted by Crippen LogP contribution is 2.47. The van der Waals surface area contributed by atoms with Crippen LogP contribution in [0.1, 0.15) is 50.0 Å². The van der Waals surface area contributed by atoms with Crippen LogP contribution in [0.5, 0.6) is 11.5 Å². The van der Waals surface area contributed by atoms with Crippen LogP contribution in [0.3, 0.4) is 0 Å². The molecule has 1 heterocycles. The van der Waals surface area contributed by atoms with Gasteiger partial charge in [0.15, 0.2) is 11.5 Å².